The van der Waals surface area contributed by atoms with Gasteiger partial charge in [0.25, 0.3) is 0 Å². The molecule has 0 atom stereocenters. The van der Waals surface area contributed by atoms with Gasteiger partial charge in [0.05, 0.1) is 18.0 Å². The fourth-order valence-corrected chi connectivity index (χ4v) is 2.90. The molecule has 0 spiro atoms. The zero-order valence-corrected chi connectivity index (χ0v) is 19.2. The van der Waals surface area contributed by atoms with Crippen LogP contribution in [0.1, 0.15) is 51.1 Å². The van der Waals surface area contributed by atoms with Crippen LogP contribution in [-0.2, 0) is 29.4 Å². The van der Waals surface area contributed by atoms with Crippen molar-refractivity contribution in [3.63, 3.8) is 0 Å². The molecule has 0 aliphatic rings. The molecule has 0 saturated heterocycles. The van der Waals surface area contributed by atoms with Crippen molar-refractivity contribution in [1.82, 2.24) is 20.5 Å². The molecule has 1 heterocycles. The van der Waals surface area contributed by atoms with Crippen molar-refractivity contribution >= 4 is 40.0 Å². The second-order valence-corrected chi connectivity index (χ2v) is 7.61. The van der Waals surface area contributed by atoms with Crippen LogP contribution in [0.25, 0.3) is 0 Å². The van der Waals surface area contributed by atoms with E-state index < -0.39 is 10.0 Å². The van der Waals surface area contributed by atoms with Crippen LogP contribution < -0.4 is 15.4 Å². The molecular weight excluding hydrogens is 469 g/mol. The van der Waals surface area contributed by atoms with E-state index in [0.717, 1.165) is 36.4 Å². The molecule has 0 aliphatic carbocycles. The Hall–Kier alpha value is -0.880. The fraction of sp³-hybridized carbons (Fsp3) is 0.750. The molecule has 3 N–H and O–H groups in total. The number of aryl methyl sites for hydroxylation is 2. The lowest BCUT2D eigenvalue weighted by atomic mass is 10.1. The number of guanidine groups is 1. The normalized spacial score (nSPS) is 11.9. The monoisotopic (exact) mass is 501 g/mol. The molecule has 0 saturated carbocycles. The number of rotatable bonds is 11. The molecule has 1 aromatic heterocycles. The van der Waals surface area contributed by atoms with E-state index in [1.807, 2.05) is 20.8 Å². The van der Waals surface area contributed by atoms with Gasteiger partial charge >= 0.3 is 0 Å². The first-order valence-electron chi connectivity index (χ1n) is 8.93. The number of aromatic nitrogens is 1. The highest BCUT2D eigenvalue weighted by atomic mass is 127. The van der Waals surface area contributed by atoms with Gasteiger partial charge in [-0.2, -0.15) is 0 Å². The Morgan fingerprint density at radius 2 is 1.85 bits per heavy atom. The van der Waals surface area contributed by atoms with Gasteiger partial charge in [0, 0.05) is 31.6 Å². The zero-order valence-electron chi connectivity index (χ0n) is 16.1. The summed E-state index contributed by atoms with van der Waals surface area (Å²) in [5.74, 6) is 1.68. The van der Waals surface area contributed by atoms with Gasteiger partial charge in [-0.25, -0.2) is 18.1 Å². The van der Waals surface area contributed by atoms with E-state index >= 15 is 0 Å². The summed E-state index contributed by atoms with van der Waals surface area (Å²) in [7, 11) is -3.13. The Labute approximate surface area is 174 Å². The summed E-state index contributed by atoms with van der Waals surface area (Å²) in [6.45, 7) is 10.0. The van der Waals surface area contributed by atoms with Crippen LogP contribution >= 0.6 is 24.0 Å². The van der Waals surface area contributed by atoms with E-state index in [4.69, 9.17) is 4.52 Å². The van der Waals surface area contributed by atoms with Crippen LogP contribution in [0.5, 0.6) is 0 Å². The summed E-state index contributed by atoms with van der Waals surface area (Å²) in [5.41, 5.74) is 2.00. The minimum Gasteiger partial charge on any atom is -0.361 e. The molecular formula is C16H32IN5O3S. The van der Waals surface area contributed by atoms with E-state index in [1.165, 1.54) is 0 Å². The van der Waals surface area contributed by atoms with Crippen LogP contribution in [0.2, 0.25) is 0 Å². The maximum Gasteiger partial charge on any atom is 0.211 e. The average molecular weight is 501 g/mol. The summed E-state index contributed by atoms with van der Waals surface area (Å²) in [6.07, 6.45) is 2.28. The number of aliphatic imine (C=N–C) groups is 1. The largest absolute Gasteiger partial charge is 0.361 e. The SMILES string of the molecule is CCNC(=NCc1c(CC)noc1CC)NCCCNS(=O)(=O)CC.I. The van der Waals surface area contributed by atoms with Crippen LogP contribution in [0.3, 0.4) is 0 Å². The summed E-state index contributed by atoms with van der Waals surface area (Å²) in [4.78, 5) is 4.59. The van der Waals surface area contributed by atoms with Crippen molar-refractivity contribution < 1.29 is 12.9 Å². The third kappa shape index (κ3) is 8.67. The van der Waals surface area contributed by atoms with E-state index in [1.54, 1.807) is 6.92 Å². The van der Waals surface area contributed by atoms with Crippen LogP contribution in [0.15, 0.2) is 9.52 Å². The molecule has 0 unspecified atom stereocenters. The number of nitrogens with one attached hydrogen (secondary N) is 3. The molecule has 1 rings (SSSR count). The first-order valence-corrected chi connectivity index (χ1v) is 10.6. The van der Waals surface area contributed by atoms with Crippen molar-refractivity contribution in [1.29, 1.82) is 0 Å². The van der Waals surface area contributed by atoms with Crippen molar-refractivity contribution in [3.8, 4) is 0 Å². The minimum atomic E-state index is -3.13. The van der Waals surface area contributed by atoms with Crippen molar-refractivity contribution in [2.24, 2.45) is 4.99 Å². The Bertz CT molecular complexity index is 625. The summed E-state index contributed by atoms with van der Waals surface area (Å²) in [5, 5.41) is 10.5. The first-order chi connectivity index (χ1) is 12.0. The second kappa shape index (κ2) is 13.3. The van der Waals surface area contributed by atoms with Crippen molar-refractivity contribution in [3.05, 3.63) is 17.0 Å². The molecule has 0 fully saturated rings. The van der Waals surface area contributed by atoms with Crippen molar-refractivity contribution in [2.45, 2.75) is 53.5 Å². The predicted molar refractivity (Wildman–Crippen MR) is 116 cm³/mol. The standard InChI is InChI=1S/C16H31N5O3S.HI/c1-5-14-13(15(6-2)24-21-14)12-19-16(17-7-3)18-10-9-11-20-25(22,23)8-4;/h20H,5-12H2,1-4H3,(H2,17,18,19);1H. The van der Waals surface area contributed by atoms with E-state index in [9.17, 15) is 8.42 Å². The quantitative estimate of drug-likeness (QED) is 0.185. The molecule has 8 nitrogen and oxygen atoms in total. The first kappa shape index (κ1) is 25.1. The number of halogens is 1. The lowest BCUT2D eigenvalue weighted by molar-refractivity contribution is 0.380. The summed E-state index contributed by atoms with van der Waals surface area (Å²) in [6, 6.07) is 0. The lowest BCUT2D eigenvalue weighted by Crippen LogP contribution is -2.38. The van der Waals surface area contributed by atoms with Crippen molar-refractivity contribution in [2.75, 3.05) is 25.4 Å². The topological polar surface area (TPSA) is 109 Å². The number of nitrogens with zero attached hydrogens (tertiary/aromatic N) is 2. The average Bonchev–Trinajstić information content (AvgIpc) is 3.01. The van der Waals surface area contributed by atoms with Gasteiger partial charge in [-0.3, -0.25) is 0 Å². The van der Waals surface area contributed by atoms with E-state index in [2.05, 4.69) is 25.5 Å². The fourth-order valence-electron chi connectivity index (χ4n) is 2.24. The Kier molecular flexibility index (Phi) is 12.9. The third-order valence-electron chi connectivity index (χ3n) is 3.69. The van der Waals surface area contributed by atoms with E-state index in [0.29, 0.717) is 32.0 Å². The molecule has 0 bridgehead atoms. The van der Waals surface area contributed by atoms with Crippen LogP contribution in [-0.4, -0.2) is 44.9 Å². The Balaban J connectivity index is 0.00000625. The molecule has 0 amide bonds. The Morgan fingerprint density at radius 1 is 1.12 bits per heavy atom. The number of hydrogen-bond acceptors (Lipinski definition) is 5. The van der Waals surface area contributed by atoms with Crippen LogP contribution in [0.4, 0.5) is 0 Å². The molecule has 0 aliphatic heterocycles. The summed E-state index contributed by atoms with van der Waals surface area (Å²) >= 11 is 0. The second-order valence-electron chi connectivity index (χ2n) is 5.51. The highest BCUT2D eigenvalue weighted by molar-refractivity contribution is 14.0. The van der Waals surface area contributed by atoms with Crippen LogP contribution in [0, 0.1) is 0 Å². The minimum absolute atomic E-state index is 0. The van der Waals surface area contributed by atoms with Gasteiger partial charge < -0.3 is 15.2 Å². The molecule has 0 radical (unpaired) electrons. The van der Waals surface area contributed by atoms with Gasteiger partial charge in [0.2, 0.25) is 10.0 Å². The molecule has 10 heteroatoms. The number of sulfonamides is 1. The highest BCUT2D eigenvalue weighted by Gasteiger charge is 2.13. The van der Waals surface area contributed by atoms with Gasteiger partial charge in [0.15, 0.2) is 5.96 Å². The third-order valence-corrected chi connectivity index (χ3v) is 5.10. The maximum absolute atomic E-state index is 11.4. The smallest absolute Gasteiger partial charge is 0.211 e. The van der Waals surface area contributed by atoms with Gasteiger partial charge in [-0.15, -0.1) is 24.0 Å². The molecule has 1 aromatic rings. The van der Waals surface area contributed by atoms with Gasteiger partial charge in [0.1, 0.15) is 5.76 Å². The Morgan fingerprint density at radius 3 is 2.42 bits per heavy atom. The molecule has 0 aromatic carbocycles. The lowest BCUT2D eigenvalue weighted by Gasteiger charge is -2.11. The number of hydrogen-bond donors (Lipinski definition) is 3. The molecule has 26 heavy (non-hydrogen) atoms. The predicted octanol–water partition coefficient (Wildman–Crippen LogP) is 1.80. The maximum atomic E-state index is 11.4. The zero-order chi connectivity index (χ0) is 18.7. The van der Waals surface area contributed by atoms with Gasteiger partial charge in [-0.1, -0.05) is 19.0 Å². The summed E-state index contributed by atoms with van der Waals surface area (Å²) < 4.78 is 30.7. The van der Waals surface area contributed by atoms with Gasteiger partial charge in [-0.05, 0) is 26.7 Å². The van der Waals surface area contributed by atoms with E-state index in [-0.39, 0.29) is 29.7 Å². The highest BCUT2D eigenvalue weighted by Crippen LogP contribution is 2.16. The molecule has 152 valence electrons.